The van der Waals surface area contributed by atoms with Crippen molar-refractivity contribution in [2.75, 3.05) is 0 Å². The van der Waals surface area contributed by atoms with Gasteiger partial charge in [-0.3, -0.25) is 0 Å². The molecule has 0 rings (SSSR count). The van der Waals surface area contributed by atoms with Crippen LogP contribution in [-0.2, 0) is 4.43 Å². The van der Waals surface area contributed by atoms with Crippen LogP contribution in [0.25, 0.3) is 0 Å². The SMILES string of the molecule is C#CC/C=C\[C@H](C)O[Si](C)(C)C(C)(C)C. The van der Waals surface area contributed by atoms with E-state index in [1.54, 1.807) is 0 Å². The average Bonchev–Trinajstić information content (AvgIpc) is 2.01. The van der Waals surface area contributed by atoms with Gasteiger partial charge in [-0.25, -0.2) is 0 Å². The second kappa shape index (κ2) is 5.53. The normalized spacial score (nSPS) is 15.3. The van der Waals surface area contributed by atoms with Gasteiger partial charge in [-0.15, -0.1) is 12.3 Å². The van der Waals surface area contributed by atoms with Crippen LogP contribution in [0.4, 0.5) is 0 Å². The van der Waals surface area contributed by atoms with Crippen molar-refractivity contribution < 1.29 is 4.43 Å². The number of hydrogen-bond acceptors (Lipinski definition) is 1. The topological polar surface area (TPSA) is 9.23 Å². The van der Waals surface area contributed by atoms with E-state index < -0.39 is 8.32 Å². The Morgan fingerprint density at radius 2 is 1.93 bits per heavy atom. The zero-order chi connectivity index (χ0) is 12.1. The van der Waals surface area contributed by atoms with Crippen LogP contribution in [0.3, 0.4) is 0 Å². The van der Waals surface area contributed by atoms with E-state index in [9.17, 15) is 0 Å². The highest BCUT2D eigenvalue weighted by Gasteiger charge is 2.37. The first-order valence-corrected chi connectivity index (χ1v) is 8.39. The highest BCUT2D eigenvalue weighted by Crippen LogP contribution is 2.37. The van der Waals surface area contributed by atoms with Crippen LogP contribution in [0, 0.1) is 12.3 Å². The fraction of sp³-hybridized carbons (Fsp3) is 0.692. The van der Waals surface area contributed by atoms with Crippen LogP contribution < -0.4 is 0 Å². The fourth-order valence-corrected chi connectivity index (χ4v) is 2.37. The van der Waals surface area contributed by atoms with Gasteiger partial charge in [0.2, 0.25) is 0 Å². The molecule has 0 radical (unpaired) electrons. The van der Waals surface area contributed by atoms with Gasteiger partial charge >= 0.3 is 0 Å². The molecule has 0 saturated carbocycles. The molecule has 1 atom stereocenters. The maximum absolute atomic E-state index is 6.13. The van der Waals surface area contributed by atoms with E-state index >= 15 is 0 Å². The first kappa shape index (κ1) is 14.5. The molecule has 0 aromatic carbocycles. The van der Waals surface area contributed by atoms with Crippen molar-refractivity contribution in [3.05, 3.63) is 12.2 Å². The van der Waals surface area contributed by atoms with E-state index in [2.05, 4.69) is 52.8 Å². The largest absolute Gasteiger partial charge is 0.411 e. The molecule has 0 saturated heterocycles. The van der Waals surface area contributed by atoms with Gasteiger partial charge in [-0.05, 0) is 25.1 Å². The lowest BCUT2D eigenvalue weighted by molar-refractivity contribution is 0.243. The first-order valence-electron chi connectivity index (χ1n) is 5.48. The van der Waals surface area contributed by atoms with Gasteiger partial charge in [0, 0.05) is 6.42 Å². The predicted octanol–water partition coefficient (Wildman–Crippen LogP) is 3.98. The number of rotatable bonds is 4. The molecule has 1 nitrogen and oxygen atoms in total. The molecule has 0 aromatic rings. The third-order valence-corrected chi connectivity index (χ3v) is 7.50. The van der Waals surface area contributed by atoms with Gasteiger partial charge in [-0.1, -0.05) is 32.9 Å². The minimum atomic E-state index is -1.63. The number of allylic oxidation sites excluding steroid dienone is 1. The van der Waals surface area contributed by atoms with E-state index in [0.717, 1.165) is 0 Å². The van der Waals surface area contributed by atoms with Gasteiger partial charge in [-0.2, -0.15) is 0 Å². The molecule has 15 heavy (non-hydrogen) atoms. The molecule has 0 N–H and O–H groups in total. The summed E-state index contributed by atoms with van der Waals surface area (Å²) in [6.07, 6.45) is 10.1. The van der Waals surface area contributed by atoms with Crippen LogP contribution in [-0.4, -0.2) is 14.4 Å². The summed E-state index contributed by atoms with van der Waals surface area (Å²) < 4.78 is 6.13. The molecule has 0 heterocycles. The Labute approximate surface area is 96.0 Å². The summed E-state index contributed by atoms with van der Waals surface area (Å²) in [6.45, 7) is 13.3. The van der Waals surface area contributed by atoms with Crippen molar-refractivity contribution >= 4 is 8.32 Å². The van der Waals surface area contributed by atoms with Gasteiger partial charge in [0.15, 0.2) is 8.32 Å². The van der Waals surface area contributed by atoms with E-state index in [0.29, 0.717) is 6.42 Å². The Bertz CT molecular complexity index is 253. The number of terminal acetylenes is 1. The highest BCUT2D eigenvalue weighted by molar-refractivity contribution is 6.74. The second-order valence-electron chi connectivity index (χ2n) is 5.42. The standard InChI is InChI=1S/C13H24OSi/c1-8-9-10-11-12(2)14-15(6,7)13(3,4)5/h1,10-12H,9H2,2-7H3/b11-10-/t12-/m0/s1. The predicted molar refractivity (Wildman–Crippen MR) is 70.3 cm³/mol. The Hall–Kier alpha value is -0.523. The van der Waals surface area contributed by atoms with E-state index in [-0.39, 0.29) is 11.1 Å². The Morgan fingerprint density at radius 1 is 1.40 bits per heavy atom. The summed E-state index contributed by atoms with van der Waals surface area (Å²) in [5.74, 6) is 2.59. The van der Waals surface area contributed by atoms with E-state index in [1.165, 1.54) is 0 Å². The van der Waals surface area contributed by atoms with Gasteiger partial charge in [0.05, 0.1) is 6.10 Å². The molecule has 86 valence electrons. The molecule has 0 bridgehead atoms. The quantitative estimate of drug-likeness (QED) is 0.399. The minimum absolute atomic E-state index is 0.166. The lowest BCUT2D eigenvalue weighted by Gasteiger charge is -2.37. The number of hydrogen-bond donors (Lipinski definition) is 0. The molecule has 2 heteroatoms. The molecule has 0 aliphatic rings. The Kier molecular flexibility index (Phi) is 5.34. The molecular formula is C13H24OSi. The monoisotopic (exact) mass is 224 g/mol. The van der Waals surface area contributed by atoms with Crippen molar-refractivity contribution in [1.82, 2.24) is 0 Å². The van der Waals surface area contributed by atoms with Crippen molar-refractivity contribution in [2.24, 2.45) is 0 Å². The molecule has 0 amide bonds. The van der Waals surface area contributed by atoms with E-state index in [1.807, 2.05) is 6.08 Å². The maximum atomic E-state index is 6.13. The second-order valence-corrected chi connectivity index (χ2v) is 10.2. The minimum Gasteiger partial charge on any atom is -0.411 e. The van der Waals surface area contributed by atoms with Crippen molar-refractivity contribution in [2.45, 2.75) is 58.4 Å². The summed E-state index contributed by atoms with van der Waals surface area (Å²) in [4.78, 5) is 0. The summed E-state index contributed by atoms with van der Waals surface area (Å²) in [6, 6.07) is 0. The molecule has 0 spiro atoms. The van der Waals surface area contributed by atoms with Gasteiger partial charge in [0.25, 0.3) is 0 Å². The summed E-state index contributed by atoms with van der Waals surface area (Å²) in [7, 11) is -1.63. The maximum Gasteiger partial charge on any atom is 0.192 e. The van der Waals surface area contributed by atoms with Gasteiger partial charge in [0.1, 0.15) is 0 Å². The van der Waals surface area contributed by atoms with Gasteiger partial charge < -0.3 is 4.43 Å². The molecule has 0 fully saturated rings. The smallest absolute Gasteiger partial charge is 0.192 e. The zero-order valence-electron chi connectivity index (χ0n) is 10.9. The lowest BCUT2D eigenvalue weighted by atomic mass is 10.2. The Morgan fingerprint density at radius 3 is 2.33 bits per heavy atom. The first-order chi connectivity index (χ1) is 6.70. The van der Waals surface area contributed by atoms with Crippen LogP contribution in [0.2, 0.25) is 18.1 Å². The van der Waals surface area contributed by atoms with Crippen LogP contribution in [0.1, 0.15) is 34.1 Å². The molecule has 0 aliphatic carbocycles. The average molecular weight is 224 g/mol. The van der Waals surface area contributed by atoms with Crippen molar-refractivity contribution in [1.29, 1.82) is 0 Å². The summed E-state index contributed by atoms with van der Waals surface area (Å²) in [5.41, 5.74) is 0. The third kappa shape index (κ3) is 5.20. The molecular weight excluding hydrogens is 200 g/mol. The summed E-state index contributed by atoms with van der Waals surface area (Å²) in [5, 5.41) is 0.265. The molecule has 0 unspecified atom stereocenters. The molecule has 0 aromatic heterocycles. The van der Waals surface area contributed by atoms with Crippen molar-refractivity contribution in [3.8, 4) is 12.3 Å². The summed E-state index contributed by atoms with van der Waals surface area (Å²) >= 11 is 0. The van der Waals surface area contributed by atoms with Crippen molar-refractivity contribution in [3.63, 3.8) is 0 Å². The zero-order valence-corrected chi connectivity index (χ0v) is 11.9. The van der Waals surface area contributed by atoms with Crippen LogP contribution >= 0.6 is 0 Å². The van der Waals surface area contributed by atoms with Crippen LogP contribution in [0.5, 0.6) is 0 Å². The van der Waals surface area contributed by atoms with Crippen LogP contribution in [0.15, 0.2) is 12.2 Å². The fourth-order valence-electron chi connectivity index (χ4n) is 1.01. The molecule has 0 aliphatic heterocycles. The Balaban J connectivity index is 4.29. The highest BCUT2D eigenvalue weighted by atomic mass is 28.4. The third-order valence-electron chi connectivity index (χ3n) is 2.93. The van der Waals surface area contributed by atoms with E-state index in [4.69, 9.17) is 10.8 Å². The lowest BCUT2D eigenvalue weighted by Crippen LogP contribution is -2.42.